The minimum atomic E-state index is -0.210. The topological polar surface area (TPSA) is 42.0 Å². The van der Waals surface area contributed by atoms with Crippen LogP contribution in [0, 0.1) is 0 Å². The first-order chi connectivity index (χ1) is 12.1. The summed E-state index contributed by atoms with van der Waals surface area (Å²) in [5.41, 5.74) is 2.88. The van der Waals surface area contributed by atoms with Crippen molar-refractivity contribution in [3.05, 3.63) is 77.6 Å². The molecular formula is C22H22N2O. The van der Waals surface area contributed by atoms with Crippen molar-refractivity contribution in [2.75, 3.05) is 0 Å². The number of hydrogen-bond donors (Lipinski definition) is 1. The standard InChI is InChI=1S/C22H22N2O/c1-15(2)16-8-9-19-17(12-16)13-23-14-20(19)21(25)24-22(10-11-22)18-6-4-3-5-7-18/h3-9,12-15H,10-11H2,1-2H3,(H,24,25). The van der Waals surface area contributed by atoms with Crippen molar-refractivity contribution in [2.45, 2.75) is 38.1 Å². The second-order valence-electron chi connectivity index (χ2n) is 7.22. The van der Waals surface area contributed by atoms with Crippen LogP contribution in [0.5, 0.6) is 0 Å². The van der Waals surface area contributed by atoms with Gasteiger partial charge in [0.1, 0.15) is 0 Å². The van der Waals surface area contributed by atoms with Gasteiger partial charge in [0.2, 0.25) is 0 Å². The number of benzene rings is 2. The largest absolute Gasteiger partial charge is 0.342 e. The highest BCUT2D eigenvalue weighted by Gasteiger charge is 2.45. The van der Waals surface area contributed by atoms with Crippen molar-refractivity contribution in [3.63, 3.8) is 0 Å². The fourth-order valence-electron chi connectivity index (χ4n) is 3.39. The van der Waals surface area contributed by atoms with Gasteiger partial charge in [0.25, 0.3) is 5.91 Å². The molecule has 0 saturated heterocycles. The lowest BCUT2D eigenvalue weighted by atomic mass is 9.98. The highest BCUT2D eigenvalue weighted by molar-refractivity contribution is 6.07. The van der Waals surface area contributed by atoms with Crippen LogP contribution in [-0.2, 0) is 5.54 Å². The van der Waals surface area contributed by atoms with Gasteiger partial charge in [0.05, 0.1) is 11.1 Å². The average molecular weight is 330 g/mol. The van der Waals surface area contributed by atoms with E-state index >= 15 is 0 Å². The molecule has 126 valence electrons. The fraction of sp³-hybridized carbons (Fsp3) is 0.273. The molecule has 1 aromatic heterocycles. The summed E-state index contributed by atoms with van der Waals surface area (Å²) in [7, 11) is 0. The van der Waals surface area contributed by atoms with E-state index in [9.17, 15) is 4.79 Å². The lowest BCUT2D eigenvalue weighted by Gasteiger charge is -2.18. The molecule has 1 aliphatic carbocycles. The Morgan fingerprint density at radius 2 is 1.84 bits per heavy atom. The highest BCUT2D eigenvalue weighted by atomic mass is 16.1. The zero-order valence-corrected chi connectivity index (χ0v) is 14.6. The smallest absolute Gasteiger partial charge is 0.254 e. The predicted molar refractivity (Wildman–Crippen MR) is 101 cm³/mol. The second-order valence-corrected chi connectivity index (χ2v) is 7.22. The normalized spacial score (nSPS) is 15.3. The van der Waals surface area contributed by atoms with Crippen LogP contribution in [-0.4, -0.2) is 10.9 Å². The van der Waals surface area contributed by atoms with Crippen molar-refractivity contribution in [3.8, 4) is 0 Å². The molecule has 3 nitrogen and oxygen atoms in total. The molecule has 0 radical (unpaired) electrons. The first-order valence-electron chi connectivity index (χ1n) is 8.85. The van der Waals surface area contributed by atoms with Crippen LogP contribution < -0.4 is 5.32 Å². The van der Waals surface area contributed by atoms with Crippen LogP contribution in [0.15, 0.2) is 60.9 Å². The third-order valence-electron chi connectivity index (χ3n) is 5.12. The summed E-state index contributed by atoms with van der Waals surface area (Å²) in [6.45, 7) is 4.34. The zero-order chi connectivity index (χ0) is 17.4. The van der Waals surface area contributed by atoms with Gasteiger partial charge in [-0.25, -0.2) is 0 Å². The van der Waals surface area contributed by atoms with Crippen LogP contribution in [0.4, 0.5) is 0 Å². The van der Waals surface area contributed by atoms with Gasteiger partial charge >= 0.3 is 0 Å². The van der Waals surface area contributed by atoms with E-state index < -0.39 is 0 Å². The Balaban J connectivity index is 1.67. The van der Waals surface area contributed by atoms with Gasteiger partial charge in [-0.15, -0.1) is 0 Å². The maximum atomic E-state index is 13.0. The molecule has 25 heavy (non-hydrogen) atoms. The van der Waals surface area contributed by atoms with Crippen molar-refractivity contribution in [1.82, 2.24) is 10.3 Å². The summed E-state index contributed by atoms with van der Waals surface area (Å²) in [5.74, 6) is 0.409. The summed E-state index contributed by atoms with van der Waals surface area (Å²) in [6.07, 6.45) is 5.48. The molecule has 0 bridgehead atoms. The number of nitrogens with one attached hydrogen (secondary N) is 1. The van der Waals surface area contributed by atoms with Gasteiger partial charge in [-0.2, -0.15) is 0 Å². The molecule has 3 heteroatoms. The van der Waals surface area contributed by atoms with E-state index in [0.29, 0.717) is 11.5 Å². The Labute approximate surface area is 148 Å². The number of rotatable bonds is 4. The van der Waals surface area contributed by atoms with Crippen LogP contribution >= 0.6 is 0 Å². The molecule has 1 aliphatic rings. The van der Waals surface area contributed by atoms with Gasteiger partial charge < -0.3 is 5.32 Å². The molecule has 1 amide bonds. The summed E-state index contributed by atoms with van der Waals surface area (Å²) in [6, 6.07) is 16.5. The number of pyridine rings is 1. The number of carbonyl (C=O) groups is 1. The molecule has 2 aromatic carbocycles. The van der Waals surface area contributed by atoms with Crippen molar-refractivity contribution in [1.29, 1.82) is 0 Å². The van der Waals surface area contributed by atoms with Gasteiger partial charge in [-0.05, 0) is 41.3 Å². The predicted octanol–water partition coefficient (Wildman–Crippen LogP) is 4.78. The average Bonchev–Trinajstić information content (AvgIpc) is 3.42. The number of aromatic nitrogens is 1. The third kappa shape index (κ3) is 2.91. The van der Waals surface area contributed by atoms with Crippen molar-refractivity contribution in [2.24, 2.45) is 0 Å². The molecule has 0 spiro atoms. The van der Waals surface area contributed by atoms with E-state index in [-0.39, 0.29) is 11.4 Å². The van der Waals surface area contributed by atoms with Gasteiger partial charge in [0, 0.05) is 17.8 Å². The minimum absolute atomic E-state index is 0.0447. The quantitative estimate of drug-likeness (QED) is 0.748. The molecule has 0 unspecified atom stereocenters. The molecule has 1 fully saturated rings. The molecule has 1 N–H and O–H groups in total. The number of hydrogen-bond acceptors (Lipinski definition) is 2. The monoisotopic (exact) mass is 330 g/mol. The highest BCUT2D eigenvalue weighted by Crippen LogP contribution is 2.45. The molecule has 1 saturated carbocycles. The Bertz CT molecular complexity index is 927. The van der Waals surface area contributed by atoms with E-state index in [4.69, 9.17) is 0 Å². The minimum Gasteiger partial charge on any atom is -0.342 e. The molecule has 1 heterocycles. The van der Waals surface area contributed by atoms with Gasteiger partial charge in [-0.3, -0.25) is 9.78 Å². The molecule has 0 atom stereocenters. The fourth-order valence-corrected chi connectivity index (χ4v) is 3.39. The summed E-state index contributed by atoms with van der Waals surface area (Å²) in [4.78, 5) is 17.3. The molecule has 4 rings (SSSR count). The maximum absolute atomic E-state index is 13.0. The van der Waals surface area contributed by atoms with Crippen LogP contribution in [0.25, 0.3) is 10.8 Å². The van der Waals surface area contributed by atoms with Gasteiger partial charge in [-0.1, -0.05) is 56.3 Å². The Morgan fingerprint density at radius 3 is 2.52 bits per heavy atom. The van der Waals surface area contributed by atoms with Crippen molar-refractivity contribution < 1.29 is 4.79 Å². The number of fused-ring (bicyclic) bond motifs is 1. The summed E-state index contributed by atoms with van der Waals surface area (Å²) in [5, 5.41) is 5.23. The molecular weight excluding hydrogens is 308 g/mol. The second kappa shape index (κ2) is 5.99. The van der Waals surface area contributed by atoms with E-state index in [0.717, 1.165) is 23.6 Å². The van der Waals surface area contributed by atoms with E-state index in [1.807, 2.05) is 30.5 Å². The summed E-state index contributed by atoms with van der Waals surface area (Å²) >= 11 is 0. The Kier molecular flexibility index (Phi) is 3.79. The van der Waals surface area contributed by atoms with Gasteiger partial charge in [0.15, 0.2) is 0 Å². The van der Waals surface area contributed by atoms with Crippen LogP contribution in [0.1, 0.15) is 54.1 Å². The molecule has 0 aliphatic heterocycles. The van der Waals surface area contributed by atoms with Crippen LogP contribution in [0.3, 0.4) is 0 Å². The first-order valence-corrected chi connectivity index (χ1v) is 8.85. The SMILES string of the molecule is CC(C)c1ccc2c(C(=O)NC3(c4ccccc4)CC3)cncc2c1. The Morgan fingerprint density at radius 1 is 1.08 bits per heavy atom. The van der Waals surface area contributed by atoms with E-state index in [1.54, 1.807) is 6.20 Å². The summed E-state index contributed by atoms with van der Waals surface area (Å²) < 4.78 is 0. The first kappa shape index (κ1) is 15.8. The number of amides is 1. The lowest BCUT2D eigenvalue weighted by Crippen LogP contribution is -2.35. The van der Waals surface area contributed by atoms with Crippen molar-refractivity contribution >= 4 is 16.7 Å². The Hall–Kier alpha value is -2.68. The number of nitrogens with zero attached hydrogens (tertiary/aromatic N) is 1. The number of carbonyl (C=O) groups excluding carboxylic acids is 1. The molecule has 3 aromatic rings. The third-order valence-corrected chi connectivity index (χ3v) is 5.12. The van der Waals surface area contributed by atoms with Crippen LogP contribution in [0.2, 0.25) is 0 Å². The van der Waals surface area contributed by atoms with E-state index in [2.05, 4.69) is 48.4 Å². The maximum Gasteiger partial charge on any atom is 0.254 e. The van der Waals surface area contributed by atoms with E-state index in [1.165, 1.54) is 11.1 Å². The zero-order valence-electron chi connectivity index (χ0n) is 14.6. The lowest BCUT2D eigenvalue weighted by molar-refractivity contribution is 0.0932.